The molecule has 0 atom stereocenters. The number of likely N-dealkylation sites (tertiary alicyclic amines) is 1. The highest BCUT2D eigenvalue weighted by Crippen LogP contribution is 2.15. The summed E-state index contributed by atoms with van der Waals surface area (Å²) in [6.45, 7) is 2.96. The minimum Gasteiger partial charge on any atom is -0.342 e. The summed E-state index contributed by atoms with van der Waals surface area (Å²) < 4.78 is 0. The first-order chi connectivity index (χ1) is 6.27. The molecule has 0 aliphatic carbocycles. The van der Waals surface area contributed by atoms with Crippen molar-refractivity contribution in [1.82, 2.24) is 10.2 Å². The first-order valence-corrected chi connectivity index (χ1v) is 4.90. The van der Waals surface area contributed by atoms with Crippen LogP contribution in [-0.4, -0.2) is 44.0 Å². The van der Waals surface area contributed by atoms with Crippen molar-refractivity contribution in [3.05, 3.63) is 0 Å². The van der Waals surface area contributed by atoms with Gasteiger partial charge in [0.25, 0.3) is 0 Å². The Kier molecular flexibility index (Phi) is 4.18. The van der Waals surface area contributed by atoms with Crippen molar-refractivity contribution in [2.45, 2.75) is 12.8 Å². The second-order valence-electron chi connectivity index (χ2n) is 3.59. The molecule has 3 N–H and O–H groups in total. The van der Waals surface area contributed by atoms with Crippen LogP contribution in [0.3, 0.4) is 0 Å². The van der Waals surface area contributed by atoms with Gasteiger partial charge in [-0.2, -0.15) is 0 Å². The van der Waals surface area contributed by atoms with Crippen LogP contribution >= 0.6 is 0 Å². The molecule has 1 saturated heterocycles. The van der Waals surface area contributed by atoms with Crippen molar-refractivity contribution in [2.75, 3.05) is 33.2 Å². The number of rotatable bonds is 3. The Labute approximate surface area is 79.5 Å². The quantitative estimate of drug-likeness (QED) is 0.617. The molecule has 1 aliphatic rings. The Hall–Kier alpha value is -0.610. The van der Waals surface area contributed by atoms with Gasteiger partial charge in [-0.25, -0.2) is 0 Å². The molecule has 0 aromatic carbocycles. The first-order valence-electron chi connectivity index (χ1n) is 4.90. The van der Waals surface area contributed by atoms with Crippen LogP contribution in [0, 0.1) is 5.92 Å². The Morgan fingerprint density at radius 2 is 2.15 bits per heavy atom. The average molecular weight is 185 g/mol. The van der Waals surface area contributed by atoms with Gasteiger partial charge in [0.2, 0.25) is 5.91 Å². The standard InChI is InChI=1S/C9H19N3O/c1-11-7-8-2-4-12(5-3-8)9(13)6-10/h8,11H,2-7,10H2,1H3. The molecule has 0 bridgehead atoms. The zero-order valence-corrected chi connectivity index (χ0v) is 8.25. The van der Waals surface area contributed by atoms with Crippen LogP contribution in [0.25, 0.3) is 0 Å². The second kappa shape index (κ2) is 5.19. The van der Waals surface area contributed by atoms with Crippen molar-refractivity contribution >= 4 is 5.91 Å². The van der Waals surface area contributed by atoms with Gasteiger partial charge in [-0.3, -0.25) is 4.79 Å². The van der Waals surface area contributed by atoms with Crippen LogP contribution in [0.2, 0.25) is 0 Å². The molecule has 1 aliphatic heterocycles. The van der Waals surface area contributed by atoms with Crippen LogP contribution in [0.5, 0.6) is 0 Å². The van der Waals surface area contributed by atoms with Crippen LogP contribution in [0.15, 0.2) is 0 Å². The van der Waals surface area contributed by atoms with Crippen LogP contribution in [-0.2, 0) is 4.79 Å². The predicted octanol–water partition coefficient (Wildman–Crippen LogP) is -0.597. The number of carbonyl (C=O) groups excluding carboxylic acids is 1. The third-order valence-electron chi connectivity index (χ3n) is 2.63. The fraction of sp³-hybridized carbons (Fsp3) is 0.889. The molecule has 76 valence electrons. The predicted molar refractivity (Wildman–Crippen MR) is 52.3 cm³/mol. The first kappa shape index (κ1) is 10.5. The smallest absolute Gasteiger partial charge is 0.236 e. The molecule has 0 saturated carbocycles. The molecule has 1 fully saturated rings. The summed E-state index contributed by atoms with van der Waals surface area (Å²) in [6, 6.07) is 0. The van der Waals surface area contributed by atoms with Gasteiger partial charge in [0.1, 0.15) is 0 Å². The molecular formula is C9H19N3O. The van der Waals surface area contributed by atoms with Crippen molar-refractivity contribution in [2.24, 2.45) is 11.7 Å². The fourth-order valence-electron chi connectivity index (χ4n) is 1.80. The van der Waals surface area contributed by atoms with E-state index in [2.05, 4.69) is 5.32 Å². The van der Waals surface area contributed by atoms with Gasteiger partial charge in [0.15, 0.2) is 0 Å². The van der Waals surface area contributed by atoms with Crippen molar-refractivity contribution in [3.8, 4) is 0 Å². The lowest BCUT2D eigenvalue weighted by molar-refractivity contribution is -0.131. The number of nitrogens with two attached hydrogens (primary N) is 1. The lowest BCUT2D eigenvalue weighted by Crippen LogP contribution is -2.43. The number of carbonyl (C=O) groups is 1. The highest BCUT2D eigenvalue weighted by atomic mass is 16.2. The van der Waals surface area contributed by atoms with Gasteiger partial charge in [-0.05, 0) is 32.4 Å². The second-order valence-corrected chi connectivity index (χ2v) is 3.59. The van der Waals surface area contributed by atoms with Crippen LogP contribution < -0.4 is 11.1 Å². The summed E-state index contributed by atoms with van der Waals surface area (Å²) in [5.74, 6) is 0.815. The molecule has 0 spiro atoms. The number of nitrogens with one attached hydrogen (secondary N) is 1. The molecule has 0 radical (unpaired) electrons. The van der Waals surface area contributed by atoms with Gasteiger partial charge < -0.3 is 16.0 Å². The highest BCUT2D eigenvalue weighted by Gasteiger charge is 2.20. The molecule has 4 nitrogen and oxygen atoms in total. The maximum Gasteiger partial charge on any atom is 0.236 e. The third kappa shape index (κ3) is 2.97. The summed E-state index contributed by atoms with van der Waals surface area (Å²) in [5, 5.41) is 3.17. The lowest BCUT2D eigenvalue weighted by Gasteiger charge is -2.31. The summed E-state index contributed by atoms with van der Waals surface area (Å²) in [5.41, 5.74) is 5.29. The van der Waals surface area contributed by atoms with Crippen LogP contribution in [0.1, 0.15) is 12.8 Å². The number of piperidine rings is 1. The maximum absolute atomic E-state index is 11.2. The zero-order chi connectivity index (χ0) is 9.68. The topological polar surface area (TPSA) is 58.4 Å². The average Bonchev–Trinajstić information content (AvgIpc) is 2.18. The Bertz CT molecular complexity index is 164. The van der Waals surface area contributed by atoms with Gasteiger partial charge in [-0.1, -0.05) is 0 Å². The van der Waals surface area contributed by atoms with E-state index in [9.17, 15) is 4.79 Å². The minimum atomic E-state index is 0.0860. The van der Waals surface area contributed by atoms with Crippen molar-refractivity contribution < 1.29 is 4.79 Å². The molecular weight excluding hydrogens is 166 g/mol. The summed E-state index contributed by atoms with van der Waals surface area (Å²) in [6.07, 6.45) is 2.21. The zero-order valence-electron chi connectivity index (χ0n) is 8.25. The van der Waals surface area contributed by atoms with E-state index >= 15 is 0 Å². The third-order valence-corrected chi connectivity index (χ3v) is 2.63. The van der Waals surface area contributed by atoms with E-state index in [1.165, 1.54) is 0 Å². The van der Waals surface area contributed by atoms with Crippen molar-refractivity contribution in [3.63, 3.8) is 0 Å². The van der Waals surface area contributed by atoms with E-state index < -0.39 is 0 Å². The van der Waals surface area contributed by atoms with Gasteiger partial charge in [0.05, 0.1) is 6.54 Å². The minimum absolute atomic E-state index is 0.0860. The molecule has 1 heterocycles. The molecule has 13 heavy (non-hydrogen) atoms. The van der Waals surface area contributed by atoms with E-state index in [0.29, 0.717) is 0 Å². The lowest BCUT2D eigenvalue weighted by atomic mass is 9.97. The molecule has 0 aromatic rings. The number of nitrogens with zero attached hydrogens (tertiary/aromatic N) is 1. The van der Waals surface area contributed by atoms with Crippen molar-refractivity contribution in [1.29, 1.82) is 0 Å². The molecule has 1 amide bonds. The number of hydrogen-bond donors (Lipinski definition) is 2. The van der Waals surface area contributed by atoms with Gasteiger partial charge in [0, 0.05) is 13.1 Å². The molecule has 0 unspecified atom stereocenters. The Morgan fingerprint density at radius 1 is 1.54 bits per heavy atom. The summed E-state index contributed by atoms with van der Waals surface area (Å²) in [4.78, 5) is 13.1. The van der Waals surface area contributed by atoms with E-state index in [-0.39, 0.29) is 12.5 Å². The molecule has 4 heteroatoms. The monoisotopic (exact) mass is 185 g/mol. The Morgan fingerprint density at radius 3 is 2.62 bits per heavy atom. The molecule has 1 rings (SSSR count). The largest absolute Gasteiger partial charge is 0.342 e. The normalized spacial score (nSPS) is 19.1. The summed E-state index contributed by atoms with van der Waals surface area (Å²) in [7, 11) is 1.97. The van der Waals surface area contributed by atoms with Crippen LogP contribution in [0.4, 0.5) is 0 Å². The number of amides is 1. The Balaban J connectivity index is 2.26. The fourth-order valence-corrected chi connectivity index (χ4v) is 1.80. The van der Waals surface area contributed by atoms with E-state index in [0.717, 1.165) is 38.4 Å². The van der Waals surface area contributed by atoms with Gasteiger partial charge in [-0.15, -0.1) is 0 Å². The molecule has 0 aromatic heterocycles. The number of hydrogen-bond acceptors (Lipinski definition) is 3. The van der Waals surface area contributed by atoms with E-state index in [4.69, 9.17) is 5.73 Å². The maximum atomic E-state index is 11.2. The highest BCUT2D eigenvalue weighted by molar-refractivity contribution is 5.78. The SMILES string of the molecule is CNCC1CCN(C(=O)CN)CC1. The summed E-state index contributed by atoms with van der Waals surface area (Å²) >= 11 is 0. The van der Waals surface area contributed by atoms with E-state index in [1.807, 2.05) is 11.9 Å². The van der Waals surface area contributed by atoms with Gasteiger partial charge >= 0.3 is 0 Å². The van der Waals surface area contributed by atoms with E-state index in [1.54, 1.807) is 0 Å².